The van der Waals surface area contributed by atoms with E-state index in [1.165, 1.54) is 11.1 Å². The number of nitrogens with one attached hydrogen (secondary N) is 1. The summed E-state index contributed by atoms with van der Waals surface area (Å²) >= 11 is 0. The lowest BCUT2D eigenvalue weighted by molar-refractivity contribution is 0.306. The fourth-order valence-corrected chi connectivity index (χ4v) is 3.03. The smallest absolute Gasteiger partial charge is 0.141 e. The Morgan fingerprint density at radius 3 is 2.54 bits per heavy atom. The van der Waals surface area contributed by atoms with Gasteiger partial charge in [-0.3, -0.25) is 4.98 Å². The average molecular weight is 346 g/mol. The first-order chi connectivity index (χ1) is 12.8. The van der Waals surface area contributed by atoms with Crippen LogP contribution in [-0.4, -0.2) is 16.0 Å². The lowest BCUT2D eigenvalue weighted by Crippen LogP contribution is -2.18. The summed E-state index contributed by atoms with van der Waals surface area (Å²) in [5, 5.41) is 3.53. The van der Waals surface area contributed by atoms with Crippen LogP contribution in [0, 0.1) is 0 Å². The Balaban J connectivity index is 1.26. The molecular formula is C21H22N4O. The summed E-state index contributed by atoms with van der Waals surface area (Å²) < 4.78 is 5.85. The molecule has 3 N–H and O–H groups in total. The summed E-state index contributed by atoms with van der Waals surface area (Å²) in [6.07, 6.45) is 4.46. The number of benzene rings is 2. The number of ether oxygens (including phenoxy) is 1. The zero-order chi connectivity index (χ0) is 17.8. The number of nitrogens with zero attached hydrogens (tertiary/aromatic N) is 2. The van der Waals surface area contributed by atoms with Crippen LogP contribution in [0.5, 0.6) is 5.75 Å². The third-order valence-electron chi connectivity index (χ3n) is 4.62. The van der Waals surface area contributed by atoms with Gasteiger partial charge in [-0.05, 0) is 29.7 Å². The molecule has 5 nitrogen and oxygen atoms in total. The molecule has 1 aromatic heterocycles. The molecule has 2 aromatic carbocycles. The Bertz CT molecular complexity index is 834. The van der Waals surface area contributed by atoms with Crippen molar-refractivity contribution in [1.29, 1.82) is 0 Å². The van der Waals surface area contributed by atoms with Crippen molar-refractivity contribution in [3.05, 3.63) is 83.8 Å². The van der Waals surface area contributed by atoms with E-state index in [4.69, 9.17) is 10.5 Å². The number of hydrogen-bond acceptors (Lipinski definition) is 5. The van der Waals surface area contributed by atoms with Crippen molar-refractivity contribution in [2.45, 2.75) is 31.5 Å². The average Bonchev–Trinajstić information content (AvgIpc) is 3.47. The minimum Gasteiger partial charge on any atom is -0.489 e. The number of nitrogen functional groups attached to an aromatic ring is 1. The van der Waals surface area contributed by atoms with Gasteiger partial charge < -0.3 is 15.8 Å². The molecule has 0 bridgehead atoms. The molecule has 1 saturated carbocycles. The van der Waals surface area contributed by atoms with Crippen LogP contribution in [0.1, 0.15) is 29.2 Å². The second-order valence-electron chi connectivity index (χ2n) is 6.61. The molecule has 0 saturated heterocycles. The maximum atomic E-state index is 5.85. The molecule has 26 heavy (non-hydrogen) atoms. The topological polar surface area (TPSA) is 73.1 Å². The first kappa shape index (κ1) is 16.5. The van der Waals surface area contributed by atoms with Gasteiger partial charge in [-0.2, -0.15) is 0 Å². The highest BCUT2D eigenvalue weighted by atomic mass is 16.5. The summed E-state index contributed by atoms with van der Waals surface area (Å²) in [5.74, 6) is 1.91. The molecule has 1 fully saturated rings. The highest BCUT2D eigenvalue weighted by Gasteiger charge is 2.37. The lowest BCUT2D eigenvalue weighted by Gasteiger charge is -2.08. The summed E-state index contributed by atoms with van der Waals surface area (Å²) in [6, 6.07) is 19.1. The van der Waals surface area contributed by atoms with E-state index in [2.05, 4.69) is 51.7 Å². The van der Waals surface area contributed by atoms with E-state index in [-0.39, 0.29) is 0 Å². The third kappa shape index (κ3) is 4.18. The molecular weight excluding hydrogens is 324 g/mol. The predicted molar refractivity (Wildman–Crippen MR) is 102 cm³/mol. The van der Waals surface area contributed by atoms with Crippen molar-refractivity contribution < 1.29 is 4.74 Å². The van der Waals surface area contributed by atoms with Gasteiger partial charge in [0, 0.05) is 18.5 Å². The normalized spacial score (nSPS) is 18.5. The number of aromatic nitrogens is 2. The van der Waals surface area contributed by atoms with Crippen LogP contribution in [0.2, 0.25) is 0 Å². The van der Waals surface area contributed by atoms with E-state index < -0.39 is 0 Å². The molecule has 4 rings (SSSR count). The minimum absolute atomic E-state index is 0.452. The van der Waals surface area contributed by atoms with Gasteiger partial charge in [0.05, 0.1) is 18.1 Å². The van der Waals surface area contributed by atoms with Gasteiger partial charge in [-0.1, -0.05) is 42.5 Å². The molecule has 2 atom stereocenters. The molecule has 5 heteroatoms. The van der Waals surface area contributed by atoms with Gasteiger partial charge in [0.25, 0.3) is 0 Å². The lowest BCUT2D eigenvalue weighted by atomic mass is 10.1. The Morgan fingerprint density at radius 2 is 1.81 bits per heavy atom. The second-order valence-corrected chi connectivity index (χ2v) is 6.61. The first-order valence-corrected chi connectivity index (χ1v) is 8.84. The Kier molecular flexibility index (Phi) is 4.80. The monoisotopic (exact) mass is 346 g/mol. The highest BCUT2D eigenvalue weighted by molar-refractivity contribution is 5.34. The zero-order valence-electron chi connectivity index (χ0n) is 14.5. The van der Waals surface area contributed by atoms with Crippen molar-refractivity contribution >= 4 is 5.82 Å². The molecule has 1 heterocycles. The van der Waals surface area contributed by atoms with Gasteiger partial charge in [0.15, 0.2) is 0 Å². The minimum atomic E-state index is 0.452. The fraction of sp³-hybridized carbons (Fsp3) is 0.238. The summed E-state index contributed by atoms with van der Waals surface area (Å²) in [4.78, 5) is 8.33. The van der Waals surface area contributed by atoms with Gasteiger partial charge in [0.1, 0.15) is 18.2 Å². The molecule has 3 aromatic rings. The second kappa shape index (κ2) is 7.54. The third-order valence-corrected chi connectivity index (χ3v) is 4.62. The highest BCUT2D eigenvalue weighted by Crippen LogP contribution is 2.41. The maximum Gasteiger partial charge on any atom is 0.141 e. The quantitative estimate of drug-likeness (QED) is 0.687. The van der Waals surface area contributed by atoms with Crippen LogP contribution in [0.4, 0.5) is 5.82 Å². The fourth-order valence-electron chi connectivity index (χ4n) is 3.03. The van der Waals surface area contributed by atoms with E-state index >= 15 is 0 Å². The Hall–Kier alpha value is -2.92. The van der Waals surface area contributed by atoms with Crippen molar-refractivity contribution in [1.82, 2.24) is 15.3 Å². The van der Waals surface area contributed by atoms with E-state index in [0.717, 1.165) is 17.9 Å². The standard InChI is InChI=1S/C21H22N4O/c22-21-13-23-17(12-25-21)11-24-20-10-19(20)16-6-8-18(9-7-16)26-14-15-4-2-1-3-5-15/h1-9,12-13,19-20,24H,10-11,14H2,(H2,22,25)/t19-,20+/m1/s1. The van der Waals surface area contributed by atoms with E-state index in [0.29, 0.717) is 30.9 Å². The molecule has 1 aliphatic carbocycles. The molecule has 0 spiro atoms. The van der Waals surface area contributed by atoms with Crippen LogP contribution in [0.25, 0.3) is 0 Å². The van der Waals surface area contributed by atoms with E-state index in [9.17, 15) is 0 Å². The van der Waals surface area contributed by atoms with E-state index in [1.807, 2.05) is 18.2 Å². The van der Waals surface area contributed by atoms with Crippen LogP contribution >= 0.6 is 0 Å². The predicted octanol–water partition coefficient (Wildman–Crippen LogP) is 3.28. The number of hydrogen-bond donors (Lipinski definition) is 2. The molecule has 1 aliphatic rings. The largest absolute Gasteiger partial charge is 0.489 e. The summed E-state index contributed by atoms with van der Waals surface area (Å²) in [6.45, 7) is 1.31. The molecule has 0 aliphatic heterocycles. The van der Waals surface area contributed by atoms with Crippen LogP contribution in [0.15, 0.2) is 67.0 Å². The zero-order valence-corrected chi connectivity index (χ0v) is 14.5. The number of rotatable bonds is 7. The number of anilines is 1. The maximum absolute atomic E-state index is 5.85. The molecule has 0 radical (unpaired) electrons. The van der Waals surface area contributed by atoms with Gasteiger partial charge in [0.2, 0.25) is 0 Å². The first-order valence-electron chi connectivity index (χ1n) is 8.84. The number of nitrogens with two attached hydrogens (primary N) is 1. The van der Waals surface area contributed by atoms with Gasteiger partial charge >= 0.3 is 0 Å². The van der Waals surface area contributed by atoms with E-state index in [1.54, 1.807) is 12.4 Å². The van der Waals surface area contributed by atoms with Gasteiger partial charge in [-0.15, -0.1) is 0 Å². The molecule has 0 amide bonds. The van der Waals surface area contributed by atoms with Crippen LogP contribution in [-0.2, 0) is 13.2 Å². The summed E-state index contributed by atoms with van der Waals surface area (Å²) in [5.41, 5.74) is 8.99. The summed E-state index contributed by atoms with van der Waals surface area (Å²) in [7, 11) is 0. The van der Waals surface area contributed by atoms with Crippen molar-refractivity contribution in [2.24, 2.45) is 0 Å². The Labute approximate surface area is 153 Å². The molecule has 132 valence electrons. The Morgan fingerprint density at radius 1 is 1.00 bits per heavy atom. The molecule has 0 unspecified atom stereocenters. The SMILES string of the molecule is Nc1cnc(CN[C@H]2C[C@@H]2c2ccc(OCc3ccccc3)cc2)cn1. The van der Waals surface area contributed by atoms with Crippen molar-refractivity contribution in [3.8, 4) is 5.75 Å². The van der Waals surface area contributed by atoms with Gasteiger partial charge in [-0.25, -0.2) is 4.98 Å². The van der Waals surface area contributed by atoms with Crippen molar-refractivity contribution in [3.63, 3.8) is 0 Å². The van der Waals surface area contributed by atoms with Crippen LogP contribution in [0.3, 0.4) is 0 Å². The van der Waals surface area contributed by atoms with Crippen LogP contribution < -0.4 is 15.8 Å². The van der Waals surface area contributed by atoms with Crippen molar-refractivity contribution in [2.75, 3.05) is 5.73 Å².